The fraction of sp³-hybridized carbons (Fsp3) is 0.636. The third-order valence-electron chi connectivity index (χ3n) is 3.14. The van der Waals surface area contributed by atoms with Gasteiger partial charge in [-0.15, -0.1) is 11.3 Å². The second-order valence-electron chi connectivity index (χ2n) is 4.24. The van der Waals surface area contributed by atoms with Gasteiger partial charge >= 0.3 is 0 Å². The predicted octanol–water partition coefficient (Wildman–Crippen LogP) is 2.70. The quantitative estimate of drug-likeness (QED) is 0.787. The van der Waals surface area contributed by atoms with Crippen LogP contribution >= 0.6 is 27.3 Å². The Balaban J connectivity index is 2.16. The number of thiazole rings is 1. The van der Waals surface area contributed by atoms with Crippen molar-refractivity contribution in [1.29, 1.82) is 0 Å². The van der Waals surface area contributed by atoms with E-state index < -0.39 is 0 Å². The largest absolute Gasteiger partial charge is 0.333 e. The summed E-state index contributed by atoms with van der Waals surface area (Å²) in [6.45, 7) is 4.98. The molecule has 0 aromatic carbocycles. The Bertz CT molecular complexity index is 393. The van der Waals surface area contributed by atoms with Gasteiger partial charge in [0.05, 0.1) is 5.01 Å². The number of hydrogen-bond acceptors (Lipinski definition) is 3. The number of aryl methyl sites for hydroxylation is 1. The summed E-state index contributed by atoms with van der Waals surface area (Å²) >= 11 is 5.02. The standard InChI is InChI=1S/C11H15BrN2OS/c1-7-3-4-14(10(7)5-12)11(15)9-6-16-8(2)13-9/h6-7,10H,3-5H2,1-2H3. The smallest absolute Gasteiger partial charge is 0.273 e. The summed E-state index contributed by atoms with van der Waals surface area (Å²) in [4.78, 5) is 18.4. The van der Waals surface area contributed by atoms with Gasteiger partial charge in [-0.1, -0.05) is 22.9 Å². The van der Waals surface area contributed by atoms with Crippen molar-refractivity contribution in [3.8, 4) is 0 Å². The van der Waals surface area contributed by atoms with E-state index in [1.54, 1.807) is 0 Å². The number of likely N-dealkylation sites (tertiary alicyclic amines) is 1. The van der Waals surface area contributed by atoms with E-state index >= 15 is 0 Å². The Morgan fingerprint density at radius 2 is 2.50 bits per heavy atom. The molecule has 1 saturated heterocycles. The van der Waals surface area contributed by atoms with Gasteiger partial charge in [-0.2, -0.15) is 0 Å². The van der Waals surface area contributed by atoms with E-state index in [1.807, 2.05) is 17.2 Å². The summed E-state index contributed by atoms with van der Waals surface area (Å²) in [5.74, 6) is 0.654. The van der Waals surface area contributed by atoms with Crippen molar-refractivity contribution in [1.82, 2.24) is 9.88 Å². The average molecular weight is 303 g/mol. The number of aromatic nitrogens is 1. The maximum atomic E-state index is 12.2. The van der Waals surface area contributed by atoms with Crippen molar-refractivity contribution in [3.63, 3.8) is 0 Å². The van der Waals surface area contributed by atoms with Crippen LogP contribution in [0.25, 0.3) is 0 Å². The molecule has 5 heteroatoms. The molecule has 0 bridgehead atoms. The van der Waals surface area contributed by atoms with Gasteiger partial charge in [0.1, 0.15) is 5.69 Å². The third kappa shape index (κ3) is 2.15. The Morgan fingerprint density at radius 1 is 1.75 bits per heavy atom. The molecule has 2 rings (SSSR count). The van der Waals surface area contributed by atoms with Crippen LogP contribution in [0.4, 0.5) is 0 Å². The Labute approximate surface area is 108 Å². The molecule has 1 aliphatic heterocycles. The lowest BCUT2D eigenvalue weighted by molar-refractivity contribution is 0.0733. The maximum absolute atomic E-state index is 12.2. The maximum Gasteiger partial charge on any atom is 0.273 e. The van der Waals surface area contributed by atoms with E-state index in [0.29, 0.717) is 17.7 Å². The van der Waals surface area contributed by atoms with E-state index in [9.17, 15) is 4.79 Å². The minimum atomic E-state index is 0.0816. The van der Waals surface area contributed by atoms with Crippen LogP contribution < -0.4 is 0 Å². The highest BCUT2D eigenvalue weighted by Crippen LogP contribution is 2.27. The first kappa shape index (κ1) is 12.0. The molecule has 2 atom stereocenters. The third-order valence-corrected chi connectivity index (χ3v) is 4.58. The lowest BCUT2D eigenvalue weighted by Crippen LogP contribution is -2.38. The number of halogens is 1. The zero-order chi connectivity index (χ0) is 11.7. The molecule has 1 aromatic rings. The number of hydrogen-bond donors (Lipinski definition) is 0. The van der Waals surface area contributed by atoms with Crippen LogP contribution in [0.1, 0.15) is 28.8 Å². The monoisotopic (exact) mass is 302 g/mol. The molecule has 1 amide bonds. The number of rotatable bonds is 2. The molecule has 2 unspecified atom stereocenters. The molecule has 0 aliphatic carbocycles. The SMILES string of the molecule is Cc1nc(C(=O)N2CCC(C)C2CBr)cs1. The molecule has 0 spiro atoms. The van der Waals surface area contributed by atoms with Crippen molar-refractivity contribution >= 4 is 33.2 Å². The molecule has 0 N–H and O–H groups in total. The number of nitrogens with zero attached hydrogens (tertiary/aromatic N) is 2. The van der Waals surface area contributed by atoms with Crippen LogP contribution in [0.3, 0.4) is 0 Å². The fourth-order valence-corrected chi connectivity index (χ4v) is 3.68. The number of alkyl halides is 1. The van der Waals surface area contributed by atoms with E-state index in [2.05, 4.69) is 27.8 Å². The van der Waals surface area contributed by atoms with Gasteiger partial charge in [-0.25, -0.2) is 4.98 Å². The van der Waals surface area contributed by atoms with Crippen LogP contribution in [0.5, 0.6) is 0 Å². The van der Waals surface area contributed by atoms with Crippen molar-refractivity contribution in [3.05, 3.63) is 16.1 Å². The Hall–Kier alpha value is -0.420. The Morgan fingerprint density at radius 3 is 3.06 bits per heavy atom. The molecule has 2 heterocycles. The number of amides is 1. The molecule has 0 radical (unpaired) electrons. The average Bonchev–Trinajstić information content (AvgIpc) is 2.83. The van der Waals surface area contributed by atoms with Gasteiger partial charge in [0.15, 0.2) is 0 Å². The molecule has 88 valence electrons. The summed E-state index contributed by atoms with van der Waals surface area (Å²) in [5.41, 5.74) is 0.600. The molecule has 0 saturated carbocycles. The van der Waals surface area contributed by atoms with Crippen molar-refractivity contribution in [2.24, 2.45) is 5.92 Å². The summed E-state index contributed by atoms with van der Waals surface area (Å²) in [6.07, 6.45) is 1.09. The van der Waals surface area contributed by atoms with Gasteiger partial charge < -0.3 is 4.90 Å². The van der Waals surface area contributed by atoms with Gasteiger partial charge in [-0.05, 0) is 19.3 Å². The first-order chi connectivity index (χ1) is 7.63. The topological polar surface area (TPSA) is 33.2 Å². The summed E-state index contributed by atoms with van der Waals surface area (Å²) in [7, 11) is 0. The first-order valence-electron chi connectivity index (χ1n) is 5.42. The van der Waals surface area contributed by atoms with E-state index in [1.165, 1.54) is 11.3 Å². The fourth-order valence-electron chi connectivity index (χ4n) is 2.10. The van der Waals surface area contributed by atoms with Crippen molar-refractivity contribution in [2.75, 3.05) is 11.9 Å². The highest BCUT2D eigenvalue weighted by molar-refractivity contribution is 9.09. The molecule has 1 aromatic heterocycles. The zero-order valence-corrected chi connectivity index (χ0v) is 11.8. The molecular weight excluding hydrogens is 288 g/mol. The van der Waals surface area contributed by atoms with Crippen LogP contribution in [-0.4, -0.2) is 33.7 Å². The molecule has 3 nitrogen and oxygen atoms in total. The molecule has 1 fully saturated rings. The van der Waals surface area contributed by atoms with Gasteiger partial charge in [0, 0.05) is 23.3 Å². The summed E-state index contributed by atoms with van der Waals surface area (Å²) in [6, 6.07) is 0.314. The highest BCUT2D eigenvalue weighted by atomic mass is 79.9. The molecule has 1 aliphatic rings. The van der Waals surface area contributed by atoms with E-state index in [-0.39, 0.29) is 5.91 Å². The second kappa shape index (κ2) is 4.84. The van der Waals surface area contributed by atoms with Gasteiger partial charge in [0.25, 0.3) is 5.91 Å². The van der Waals surface area contributed by atoms with Crippen molar-refractivity contribution in [2.45, 2.75) is 26.3 Å². The normalized spacial score (nSPS) is 25.1. The van der Waals surface area contributed by atoms with Gasteiger partial charge in [0.2, 0.25) is 0 Å². The lowest BCUT2D eigenvalue weighted by atomic mass is 10.1. The highest BCUT2D eigenvalue weighted by Gasteiger charge is 2.34. The first-order valence-corrected chi connectivity index (χ1v) is 7.42. The molecule has 16 heavy (non-hydrogen) atoms. The van der Waals surface area contributed by atoms with Crippen LogP contribution in [-0.2, 0) is 0 Å². The minimum Gasteiger partial charge on any atom is -0.333 e. The summed E-state index contributed by atoms with van der Waals surface area (Å²) in [5, 5.41) is 3.65. The Kier molecular flexibility index (Phi) is 3.64. The second-order valence-corrected chi connectivity index (χ2v) is 5.95. The van der Waals surface area contributed by atoms with Crippen LogP contribution in [0, 0.1) is 12.8 Å². The van der Waals surface area contributed by atoms with E-state index in [0.717, 1.165) is 23.3 Å². The minimum absolute atomic E-state index is 0.0816. The number of carbonyl (C=O) groups excluding carboxylic acids is 1. The van der Waals surface area contributed by atoms with E-state index in [4.69, 9.17) is 0 Å². The number of carbonyl (C=O) groups is 1. The van der Waals surface area contributed by atoms with Crippen molar-refractivity contribution < 1.29 is 4.79 Å². The van der Waals surface area contributed by atoms with Crippen LogP contribution in [0.15, 0.2) is 5.38 Å². The lowest BCUT2D eigenvalue weighted by Gasteiger charge is -2.24. The summed E-state index contributed by atoms with van der Waals surface area (Å²) < 4.78 is 0. The molecular formula is C11H15BrN2OS. The zero-order valence-electron chi connectivity index (χ0n) is 9.44. The van der Waals surface area contributed by atoms with Gasteiger partial charge in [-0.3, -0.25) is 4.79 Å². The predicted molar refractivity (Wildman–Crippen MR) is 69.3 cm³/mol. The van der Waals surface area contributed by atoms with Crippen LogP contribution in [0.2, 0.25) is 0 Å².